The number of anilines is 4. The van der Waals surface area contributed by atoms with E-state index in [2.05, 4.69) is 82.4 Å². The highest BCUT2D eigenvalue weighted by Crippen LogP contribution is 2.38. The van der Waals surface area contributed by atoms with Gasteiger partial charge >= 0.3 is 0 Å². The minimum Gasteiger partial charge on any atom is -0.398 e. The van der Waals surface area contributed by atoms with Gasteiger partial charge in [0, 0.05) is 173 Å². The summed E-state index contributed by atoms with van der Waals surface area (Å²) in [7, 11) is 1.88. The molecule has 0 saturated heterocycles. The first-order valence-corrected chi connectivity index (χ1v) is 29.3. The summed E-state index contributed by atoms with van der Waals surface area (Å²) in [4.78, 5) is 59.4. The second-order valence-electron chi connectivity index (χ2n) is 18.6. The Hall–Kier alpha value is -7.59. The van der Waals surface area contributed by atoms with Gasteiger partial charge in [-0.25, -0.2) is 4.90 Å². The normalized spacial score (nSPS) is 10.3. The Bertz CT molecular complexity index is 4150. The molecule has 0 spiro atoms. The third-order valence-corrected chi connectivity index (χ3v) is 15.0. The number of benzene rings is 3. The first kappa shape index (κ1) is 67.5. The lowest BCUT2D eigenvalue weighted by atomic mass is 10.0. The molecule has 11 rings (SSSR count). The molecular weight excluding hydrogens is 1350 g/mol. The molecule has 3 aromatic carbocycles. The number of nitrogen functional groups attached to an aromatic ring is 2. The maximum Gasteiger partial charge on any atom is 0.230 e. The Balaban J connectivity index is 0.000000169. The second kappa shape index (κ2) is 31.7. The van der Waals surface area contributed by atoms with Crippen LogP contribution in [0, 0.1) is 27.7 Å². The largest absolute Gasteiger partial charge is 0.398 e. The predicted octanol–water partition coefficient (Wildman–Crippen LogP) is 17.0. The van der Waals surface area contributed by atoms with Crippen molar-refractivity contribution in [1.82, 2.24) is 49.9 Å². The van der Waals surface area contributed by atoms with E-state index < -0.39 is 0 Å². The highest BCUT2D eigenvalue weighted by Gasteiger charge is 2.21. The lowest BCUT2D eigenvalue weighted by Gasteiger charge is -2.20. The van der Waals surface area contributed by atoms with E-state index in [9.17, 15) is 14.4 Å². The zero-order valence-electron chi connectivity index (χ0n) is 47.2. The molecule has 25 heteroatoms. The third kappa shape index (κ3) is 18.2. The number of aromatic nitrogens is 10. The van der Waals surface area contributed by atoms with E-state index in [0.717, 1.165) is 98.2 Å². The summed E-state index contributed by atoms with van der Waals surface area (Å²) in [6.07, 6.45) is 24.1. The molecule has 0 fully saturated rings. The molecule has 8 heterocycles. The van der Waals surface area contributed by atoms with E-state index in [1.807, 2.05) is 58.3 Å². The molecule has 17 nitrogen and oxygen atoms in total. The molecule has 442 valence electrons. The number of fused-ring (bicyclic) bond motifs is 2. The molecule has 0 aliphatic rings. The number of rotatable bonds is 5. The molecule has 0 unspecified atom stereocenters. The Morgan fingerprint density at radius 1 is 0.535 bits per heavy atom. The quantitative estimate of drug-likeness (QED) is 0.125. The Labute approximate surface area is 543 Å². The smallest absolute Gasteiger partial charge is 0.230 e. The van der Waals surface area contributed by atoms with E-state index in [1.54, 1.807) is 129 Å². The number of nitrogens with two attached hydrogens (primary N) is 2. The van der Waals surface area contributed by atoms with Crippen LogP contribution < -0.4 is 21.7 Å². The fraction of sp³-hybridized carbons (Fsp3) is 0.131. The van der Waals surface area contributed by atoms with Crippen molar-refractivity contribution < 1.29 is 14.4 Å². The maximum atomic E-state index is 11.4. The van der Waals surface area contributed by atoms with Gasteiger partial charge in [-0.2, -0.15) is 10.2 Å². The van der Waals surface area contributed by atoms with E-state index in [0.29, 0.717) is 46.0 Å². The molecule has 0 aliphatic carbocycles. The maximum absolute atomic E-state index is 11.4. The average molecular weight is 1400 g/mol. The molecule has 6 N–H and O–H groups in total. The number of nitrogens with one attached hydrogen (secondary N) is 2. The second-order valence-corrected chi connectivity index (χ2v) is 22.9. The number of aryl methyl sites for hydroxylation is 5. The van der Waals surface area contributed by atoms with Gasteiger partial charge < -0.3 is 16.8 Å². The number of hydrogen-bond acceptors (Lipinski definition) is 13. The number of carbonyl (C=O) groups excluding carboxylic acids is 3. The van der Waals surface area contributed by atoms with Gasteiger partial charge in [0.2, 0.25) is 17.7 Å². The Kier molecular flexibility index (Phi) is 24.9. The van der Waals surface area contributed by atoms with E-state index in [-0.39, 0.29) is 17.7 Å². The fourth-order valence-corrected chi connectivity index (χ4v) is 10.5. The average Bonchev–Trinajstić information content (AvgIpc) is 2.60. The fourth-order valence-electron chi connectivity index (χ4n) is 7.94. The van der Waals surface area contributed by atoms with Crippen molar-refractivity contribution in [2.24, 2.45) is 7.05 Å². The number of aromatic amines is 1. The number of hydrogen-bond donors (Lipinski definition) is 4. The first-order valence-electron chi connectivity index (χ1n) is 25.4. The van der Waals surface area contributed by atoms with Crippen LogP contribution in [0.25, 0.3) is 55.2 Å². The first-order chi connectivity index (χ1) is 40.9. The summed E-state index contributed by atoms with van der Waals surface area (Å²) >= 11 is 42.8. The van der Waals surface area contributed by atoms with Gasteiger partial charge in [-0.1, -0.05) is 87.8 Å². The van der Waals surface area contributed by atoms with Crippen molar-refractivity contribution in [3.8, 4) is 33.4 Å². The number of carbonyl (C=O) groups is 3. The Morgan fingerprint density at radius 2 is 1.01 bits per heavy atom. The number of halogens is 8. The summed E-state index contributed by atoms with van der Waals surface area (Å²) < 4.78 is 3.26. The molecule has 0 aliphatic heterocycles. The standard InChI is InChI=1S/C14H12Cl2N2O.C13H9Cl2N3.C12H7Cl2N3.C10H11BrN2O2.C6H7BrN2.C6H8N2/c1-8-6-17-7-12(14(8)18-9(2)19)11-4-3-10(15)5-13(11)16;1-18-7-8-5-16-6-11(13(8)17-18)10-3-2-9(14)4-12(10)15;13-8-1-2-9(11(14)3-8)10-6-15-4-7-5-16-17-12(7)10;1-6-4-12-5-9(11)10(6)13(7(2)14)8(3)15;1-4-2-9-3-5(7)6(4)8;1-5-4-8-3-2-6(5)7/h3-7H,1-2H3,(H,17,18,19);2-7H,1H3;1-6H,(H,16,17);4-5H,1-3H3;2-3H,1H3,(H2,8,9);2-4H,1H3,(H2,7,8). The molecule has 0 atom stereocenters. The van der Waals surface area contributed by atoms with E-state index >= 15 is 0 Å². The molecular formula is C61H54Br2Cl6N14O3. The van der Waals surface area contributed by atoms with E-state index in [4.69, 9.17) is 81.1 Å². The summed E-state index contributed by atoms with van der Waals surface area (Å²) in [5.41, 5.74) is 24.6. The van der Waals surface area contributed by atoms with Crippen LogP contribution >= 0.6 is 101 Å². The summed E-state index contributed by atoms with van der Waals surface area (Å²) in [6.45, 7) is 11.7. The lowest BCUT2D eigenvalue weighted by Crippen LogP contribution is -2.34. The Morgan fingerprint density at radius 3 is 1.51 bits per heavy atom. The van der Waals surface area contributed by atoms with Crippen LogP contribution in [0.4, 0.5) is 22.7 Å². The van der Waals surface area contributed by atoms with Crippen molar-refractivity contribution >= 4 is 164 Å². The summed E-state index contributed by atoms with van der Waals surface area (Å²) in [6, 6.07) is 17.8. The lowest BCUT2D eigenvalue weighted by molar-refractivity contribution is -0.124. The summed E-state index contributed by atoms with van der Waals surface area (Å²) in [5.74, 6) is -0.754. The number of imide groups is 1. The van der Waals surface area contributed by atoms with Crippen LogP contribution in [-0.4, -0.2) is 67.6 Å². The van der Waals surface area contributed by atoms with Crippen LogP contribution in [0.15, 0.2) is 156 Å². The molecule has 0 radical (unpaired) electrons. The predicted molar refractivity (Wildman–Crippen MR) is 357 cm³/mol. The molecule has 0 saturated carbocycles. The highest BCUT2D eigenvalue weighted by atomic mass is 79.9. The van der Waals surface area contributed by atoms with Crippen molar-refractivity contribution in [1.29, 1.82) is 0 Å². The number of H-pyrrole nitrogens is 1. The molecule has 3 amide bonds. The highest BCUT2D eigenvalue weighted by molar-refractivity contribution is 9.11. The number of nitrogens with zero attached hydrogens (tertiary/aromatic N) is 10. The zero-order chi connectivity index (χ0) is 62.9. The van der Waals surface area contributed by atoms with Gasteiger partial charge in [-0.3, -0.25) is 54.1 Å². The van der Waals surface area contributed by atoms with Gasteiger partial charge in [0.15, 0.2) is 0 Å². The van der Waals surface area contributed by atoms with Crippen LogP contribution in [-0.2, 0) is 21.4 Å². The zero-order valence-corrected chi connectivity index (χ0v) is 54.9. The molecule has 8 aromatic heterocycles. The summed E-state index contributed by atoms with van der Waals surface area (Å²) in [5, 5.41) is 19.6. The third-order valence-electron chi connectivity index (χ3n) is 12.1. The minimum absolute atomic E-state index is 0.138. The SMILES string of the molecule is CC(=O)N(C(C)=O)c1c(C)cncc1Br.CC(=O)Nc1c(C)cncc1-c1ccc(Cl)cc1Cl.Cc1cncc(Br)c1N.Cc1cnccc1N.Clc1ccc(-c2cncc3cn[nH]c23)c(Cl)c1.Cn1cc2cncc(-c3ccc(Cl)cc3Cl)c2n1. The minimum atomic E-state index is -0.308. The van der Waals surface area contributed by atoms with Gasteiger partial charge in [-0.15, -0.1) is 0 Å². The number of pyridine rings is 6. The molecule has 86 heavy (non-hydrogen) atoms. The monoisotopic (exact) mass is 1400 g/mol. The van der Waals surface area contributed by atoms with Gasteiger partial charge in [0.25, 0.3) is 0 Å². The van der Waals surface area contributed by atoms with Crippen LogP contribution in [0.3, 0.4) is 0 Å². The van der Waals surface area contributed by atoms with Gasteiger partial charge in [-0.05, 0) is 124 Å². The van der Waals surface area contributed by atoms with Gasteiger partial charge in [0.1, 0.15) is 5.52 Å². The number of amides is 3. The van der Waals surface area contributed by atoms with E-state index in [1.165, 1.54) is 20.8 Å². The van der Waals surface area contributed by atoms with Crippen molar-refractivity contribution in [2.75, 3.05) is 21.7 Å². The van der Waals surface area contributed by atoms with Gasteiger partial charge in [0.05, 0.1) is 52.8 Å². The molecule has 0 bridgehead atoms. The van der Waals surface area contributed by atoms with Crippen LogP contribution in [0.5, 0.6) is 0 Å². The molecule has 11 aromatic rings. The van der Waals surface area contributed by atoms with Crippen LogP contribution in [0.1, 0.15) is 43.0 Å². The topological polar surface area (TPSA) is 242 Å². The van der Waals surface area contributed by atoms with Crippen molar-refractivity contribution in [3.05, 3.63) is 209 Å². The van der Waals surface area contributed by atoms with Crippen molar-refractivity contribution in [3.63, 3.8) is 0 Å². The van der Waals surface area contributed by atoms with Crippen molar-refractivity contribution in [2.45, 2.75) is 48.5 Å². The van der Waals surface area contributed by atoms with Crippen LogP contribution in [0.2, 0.25) is 30.1 Å².